The molecule has 0 aliphatic rings. The summed E-state index contributed by atoms with van der Waals surface area (Å²) in [6, 6.07) is 19.1. The van der Waals surface area contributed by atoms with Gasteiger partial charge in [0.1, 0.15) is 11.5 Å². The normalized spacial score (nSPS) is 10.8. The number of methoxy groups -OCH3 is 1. The van der Waals surface area contributed by atoms with E-state index < -0.39 is 0 Å². The first-order chi connectivity index (χ1) is 15.1. The van der Waals surface area contributed by atoms with E-state index in [1.54, 1.807) is 13.4 Å². The molecule has 2 aromatic heterocycles. The van der Waals surface area contributed by atoms with E-state index in [0.29, 0.717) is 17.5 Å². The highest BCUT2D eigenvalue weighted by atomic mass is 32.2. The Morgan fingerprint density at radius 2 is 2.00 bits per heavy atom. The summed E-state index contributed by atoms with van der Waals surface area (Å²) in [5.74, 6) is 2.29. The average Bonchev–Trinajstić information content (AvgIpc) is 3.44. The number of benzene rings is 2. The lowest BCUT2D eigenvalue weighted by Crippen LogP contribution is -2.15. The van der Waals surface area contributed by atoms with E-state index in [0.717, 1.165) is 28.3 Å². The predicted molar refractivity (Wildman–Crippen MR) is 120 cm³/mol. The highest BCUT2D eigenvalue weighted by molar-refractivity contribution is 7.99. The SMILES string of the molecule is COc1cccc(-c2nnc(SCC(=O)Nc3ccccc3C)n2Cc2ccco2)c1. The molecule has 8 heteroatoms. The Balaban J connectivity index is 1.56. The summed E-state index contributed by atoms with van der Waals surface area (Å²) in [7, 11) is 1.63. The zero-order valence-corrected chi connectivity index (χ0v) is 18.1. The molecule has 2 heterocycles. The van der Waals surface area contributed by atoms with Crippen molar-refractivity contribution >= 4 is 23.4 Å². The van der Waals surface area contributed by atoms with Crippen molar-refractivity contribution in [2.24, 2.45) is 0 Å². The van der Waals surface area contributed by atoms with Gasteiger partial charge < -0.3 is 14.5 Å². The molecule has 1 amide bonds. The first-order valence-electron chi connectivity index (χ1n) is 9.72. The lowest BCUT2D eigenvalue weighted by molar-refractivity contribution is -0.113. The highest BCUT2D eigenvalue weighted by Crippen LogP contribution is 2.28. The van der Waals surface area contributed by atoms with Crippen LogP contribution in [0, 0.1) is 6.92 Å². The Morgan fingerprint density at radius 1 is 1.13 bits per heavy atom. The maximum Gasteiger partial charge on any atom is 0.234 e. The number of amides is 1. The predicted octanol–water partition coefficient (Wildman–Crippen LogP) is 4.63. The Kier molecular flexibility index (Phi) is 6.37. The zero-order chi connectivity index (χ0) is 21.6. The number of aromatic nitrogens is 3. The Morgan fingerprint density at radius 3 is 2.77 bits per heavy atom. The molecule has 158 valence electrons. The van der Waals surface area contributed by atoms with Crippen molar-refractivity contribution in [1.82, 2.24) is 14.8 Å². The molecule has 7 nitrogen and oxygen atoms in total. The number of anilines is 1. The fourth-order valence-electron chi connectivity index (χ4n) is 3.10. The van der Waals surface area contributed by atoms with Crippen molar-refractivity contribution < 1.29 is 13.9 Å². The minimum absolute atomic E-state index is 0.102. The van der Waals surface area contributed by atoms with Crippen LogP contribution in [0.1, 0.15) is 11.3 Å². The van der Waals surface area contributed by atoms with Gasteiger partial charge in [-0.15, -0.1) is 10.2 Å². The molecule has 0 saturated carbocycles. The molecule has 0 fully saturated rings. The van der Waals surface area contributed by atoms with Gasteiger partial charge in [-0.05, 0) is 42.8 Å². The van der Waals surface area contributed by atoms with Crippen LogP contribution < -0.4 is 10.1 Å². The maximum absolute atomic E-state index is 12.5. The van der Waals surface area contributed by atoms with Gasteiger partial charge in [0, 0.05) is 11.3 Å². The average molecular weight is 435 g/mol. The zero-order valence-electron chi connectivity index (χ0n) is 17.2. The Hall–Kier alpha value is -3.52. The van der Waals surface area contributed by atoms with E-state index in [4.69, 9.17) is 9.15 Å². The largest absolute Gasteiger partial charge is 0.497 e. The molecule has 4 rings (SSSR count). The smallest absolute Gasteiger partial charge is 0.234 e. The van der Waals surface area contributed by atoms with E-state index >= 15 is 0 Å². The quantitative estimate of drug-likeness (QED) is 0.407. The standard InChI is InChI=1S/C23H22N4O3S/c1-16-7-3-4-11-20(16)24-21(28)15-31-23-26-25-22(17-8-5-9-18(13-17)29-2)27(23)14-19-10-6-12-30-19/h3-13H,14-15H2,1-2H3,(H,24,28). The monoisotopic (exact) mass is 434 g/mol. The third kappa shape index (κ3) is 4.97. The van der Waals surface area contributed by atoms with Gasteiger partial charge in [-0.2, -0.15) is 0 Å². The molecule has 0 atom stereocenters. The van der Waals surface area contributed by atoms with Crippen LogP contribution in [0.15, 0.2) is 76.5 Å². The Labute approximate surface area is 184 Å². The van der Waals surface area contributed by atoms with Crippen molar-refractivity contribution in [1.29, 1.82) is 0 Å². The van der Waals surface area contributed by atoms with Gasteiger partial charge in [0.25, 0.3) is 0 Å². The summed E-state index contributed by atoms with van der Waals surface area (Å²) in [6.07, 6.45) is 1.63. The van der Waals surface area contributed by atoms with Gasteiger partial charge in [0.15, 0.2) is 11.0 Å². The van der Waals surface area contributed by atoms with Crippen LogP contribution in [0.25, 0.3) is 11.4 Å². The van der Waals surface area contributed by atoms with E-state index in [1.807, 2.05) is 72.2 Å². The van der Waals surface area contributed by atoms with Crippen molar-refractivity contribution in [3.8, 4) is 17.1 Å². The van der Waals surface area contributed by atoms with Crippen molar-refractivity contribution in [2.75, 3.05) is 18.2 Å². The molecule has 0 saturated heterocycles. The minimum Gasteiger partial charge on any atom is -0.497 e. The number of hydrogen-bond donors (Lipinski definition) is 1. The second kappa shape index (κ2) is 9.53. The van der Waals surface area contributed by atoms with E-state index in [1.165, 1.54) is 11.8 Å². The molecule has 0 radical (unpaired) electrons. The van der Waals surface area contributed by atoms with E-state index in [-0.39, 0.29) is 11.7 Å². The summed E-state index contributed by atoms with van der Waals surface area (Å²) in [5, 5.41) is 12.3. The molecule has 0 spiro atoms. The number of nitrogens with zero attached hydrogens (tertiary/aromatic N) is 3. The second-order valence-electron chi connectivity index (χ2n) is 6.86. The van der Waals surface area contributed by atoms with E-state index in [2.05, 4.69) is 15.5 Å². The third-order valence-corrected chi connectivity index (χ3v) is 5.66. The van der Waals surface area contributed by atoms with Crippen LogP contribution in [-0.4, -0.2) is 33.5 Å². The number of carbonyl (C=O) groups is 1. The molecule has 31 heavy (non-hydrogen) atoms. The summed E-state index contributed by atoms with van der Waals surface area (Å²) in [5.41, 5.74) is 2.69. The lowest BCUT2D eigenvalue weighted by Gasteiger charge is -2.10. The van der Waals surface area contributed by atoms with Gasteiger partial charge >= 0.3 is 0 Å². The number of furan rings is 1. The number of aryl methyl sites for hydroxylation is 1. The topological polar surface area (TPSA) is 82.2 Å². The maximum atomic E-state index is 12.5. The molecule has 0 aliphatic carbocycles. The highest BCUT2D eigenvalue weighted by Gasteiger charge is 2.17. The number of para-hydroxylation sites is 1. The lowest BCUT2D eigenvalue weighted by atomic mass is 10.2. The van der Waals surface area contributed by atoms with Gasteiger partial charge in [0.05, 0.1) is 25.7 Å². The van der Waals surface area contributed by atoms with Crippen LogP contribution >= 0.6 is 11.8 Å². The van der Waals surface area contributed by atoms with Crippen LogP contribution in [-0.2, 0) is 11.3 Å². The molecule has 1 N–H and O–H groups in total. The fourth-order valence-corrected chi connectivity index (χ4v) is 3.84. The van der Waals surface area contributed by atoms with Crippen molar-refractivity contribution in [3.05, 3.63) is 78.3 Å². The van der Waals surface area contributed by atoms with Crippen molar-refractivity contribution in [2.45, 2.75) is 18.6 Å². The second-order valence-corrected chi connectivity index (χ2v) is 7.80. The number of hydrogen-bond acceptors (Lipinski definition) is 6. The number of carbonyl (C=O) groups excluding carboxylic acids is 1. The summed E-state index contributed by atoms with van der Waals surface area (Å²) in [4.78, 5) is 12.5. The van der Waals surface area contributed by atoms with Crippen LogP contribution in [0.5, 0.6) is 5.75 Å². The van der Waals surface area contributed by atoms with E-state index in [9.17, 15) is 4.79 Å². The van der Waals surface area contributed by atoms with Gasteiger partial charge in [-0.3, -0.25) is 9.36 Å². The molecule has 0 unspecified atom stereocenters. The number of thioether (sulfide) groups is 1. The molecule has 2 aromatic carbocycles. The van der Waals surface area contributed by atoms with Crippen LogP contribution in [0.2, 0.25) is 0 Å². The fraction of sp³-hybridized carbons (Fsp3) is 0.174. The number of rotatable bonds is 8. The molecule has 0 aliphatic heterocycles. The van der Waals surface area contributed by atoms with Crippen LogP contribution in [0.4, 0.5) is 5.69 Å². The van der Waals surface area contributed by atoms with Gasteiger partial charge in [0.2, 0.25) is 5.91 Å². The first kappa shape index (κ1) is 20.7. The molecule has 0 bridgehead atoms. The van der Waals surface area contributed by atoms with Crippen LogP contribution in [0.3, 0.4) is 0 Å². The van der Waals surface area contributed by atoms with Gasteiger partial charge in [-0.25, -0.2) is 0 Å². The Bertz CT molecular complexity index is 1170. The summed E-state index contributed by atoms with van der Waals surface area (Å²) in [6.45, 7) is 2.41. The molecular formula is C23H22N4O3S. The summed E-state index contributed by atoms with van der Waals surface area (Å²) < 4.78 is 12.8. The molecular weight excluding hydrogens is 412 g/mol. The van der Waals surface area contributed by atoms with Crippen molar-refractivity contribution in [3.63, 3.8) is 0 Å². The molecule has 4 aromatic rings. The van der Waals surface area contributed by atoms with Gasteiger partial charge in [-0.1, -0.05) is 42.1 Å². The minimum atomic E-state index is -0.102. The number of ether oxygens (including phenoxy) is 1. The summed E-state index contributed by atoms with van der Waals surface area (Å²) >= 11 is 1.33. The first-order valence-corrected chi connectivity index (χ1v) is 10.7. The number of nitrogens with one attached hydrogen (secondary N) is 1. The third-order valence-electron chi connectivity index (χ3n) is 4.69.